The van der Waals surface area contributed by atoms with Crippen LogP contribution in [0.15, 0.2) is 66.7 Å². The van der Waals surface area contributed by atoms with Crippen molar-refractivity contribution in [3.63, 3.8) is 0 Å². The van der Waals surface area contributed by atoms with Crippen LogP contribution >= 0.6 is 0 Å². The maximum atomic E-state index is 13.6. The van der Waals surface area contributed by atoms with E-state index >= 15 is 0 Å². The molecule has 164 valence electrons. The normalized spacial score (nSPS) is 17.8. The van der Waals surface area contributed by atoms with Crippen molar-refractivity contribution in [3.8, 4) is 0 Å². The van der Waals surface area contributed by atoms with Crippen LogP contribution in [0, 0.1) is 11.6 Å². The van der Waals surface area contributed by atoms with E-state index in [2.05, 4.69) is 5.32 Å². The third kappa shape index (κ3) is 4.51. The summed E-state index contributed by atoms with van der Waals surface area (Å²) >= 11 is -1.64. The lowest BCUT2D eigenvalue weighted by Crippen LogP contribution is -2.47. The first-order valence-corrected chi connectivity index (χ1v) is 11.1. The van der Waals surface area contributed by atoms with E-state index in [1.165, 1.54) is 34.6 Å². The Labute approximate surface area is 187 Å². The molecule has 0 fully saturated rings. The molecule has 2 atom stereocenters. The van der Waals surface area contributed by atoms with Gasteiger partial charge in [0.15, 0.2) is 0 Å². The van der Waals surface area contributed by atoms with E-state index in [9.17, 15) is 22.9 Å². The molecule has 1 aliphatic heterocycles. The number of carbonyl (C=O) groups excluding carboxylic acids is 2. The average Bonchev–Trinajstić information content (AvgIpc) is 2.79. The summed E-state index contributed by atoms with van der Waals surface area (Å²) in [4.78, 5) is 25.8. The number of rotatable bonds is 5. The van der Waals surface area contributed by atoms with Gasteiger partial charge < -0.3 is 9.87 Å². The lowest BCUT2D eigenvalue weighted by atomic mass is 9.98. The fraction of sp³-hybridized carbons (Fsp3) is 0.167. The summed E-state index contributed by atoms with van der Waals surface area (Å²) in [7, 11) is 1.62. The number of benzene rings is 3. The van der Waals surface area contributed by atoms with Gasteiger partial charge in [0.2, 0.25) is 11.0 Å². The Balaban J connectivity index is 1.55. The molecule has 0 saturated heterocycles. The van der Waals surface area contributed by atoms with Gasteiger partial charge in [-0.25, -0.2) is 8.78 Å². The van der Waals surface area contributed by atoms with E-state index in [1.54, 1.807) is 43.4 Å². The summed E-state index contributed by atoms with van der Waals surface area (Å²) in [6.45, 7) is 0.205. The van der Waals surface area contributed by atoms with E-state index < -0.39 is 22.4 Å². The Bertz CT molecular complexity index is 1170. The molecule has 4 rings (SSSR count). The molecule has 3 aromatic carbocycles. The SMILES string of the molecule is CN1c2ccc(C(=O)NCc3ccc(F)cc3)cc2C(=O)C(Cc2cccc(F)c2)[S+]1[O-]. The highest BCUT2D eigenvalue weighted by Crippen LogP contribution is 2.34. The molecule has 0 aliphatic carbocycles. The number of hydrogen-bond donors (Lipinski definition) is 1. The van der Waals surface area contributed by atoms with Crippen molar-refractivity contribution in [2.75, 3.05) is 11.4 Å². The predicted molar refractivity (Wildman–Crippen MR) is 119 cm³/mol. The van der Waals surface area contributed by atoms with E-state index in [0.717, 1.165) is 5.56 Å². The van der Waals surface area contributed by atoms with Gasteiger partial charge in [-0.15, -0.1) is 0 Å². The first kappa shape index (κ1) is 22.0. The predicted octanol–water partition coefficient (Wildman–Crippen LogP) is 3.80. The monoisotopic (exact) mass is 454 g/mol. The summed E-state index contributed by atoms with van der Waals surface area (Å²) in [5.41, 5.74) is 2.35. The smallest absolute Gasteiger partial charge is 0.251 e. The van der Waals surface area contributed by atoms with Crippen LogP contribution in [0.2, 0.25) is 0 Å². The van der Waals surface area contributed by atoms with Gasteiger partial charge in [-0.05, 0) is 53.6 Å². The zero-order chi connectivity index (χ0) is 22.8. The van der Waals surface area contributed by atoms with Crippen molar-refractivity contribution in [3.05, 3.63) is 101 Å². The molecule has 0 saturated carbocycles. The molecule has 1 heterocycles. The fourth-order valence-corrected chi connectivity index (χ4v) is 5.01. The molecule has 1 amide bonds. The molecule has 1 N–H and O–H groups in total. The molecular weight excluding hydrogens is 434 g/mol. The largest absolute Gasteiger partial charge is 0.592 e. The number of hydrogen-bond acceptors (Lipinski definition) is 4. The van der Waals surface area contributed by atoms with Crippen LogP contribution < -0.4 is 9.62 Å². The summed E-state index contributed by atoms with van der Waals surface area (Å²) in [6.07, 6.45) is 0.119. The Morgan fingerprint density at radius 3 is 2.50 bits per heavy atom. The minimum absolute atomic E-state index is 0.119. The van der Waals surface area contributed by atoms with Gasteiger partial charge in [-0.3, -0.25) is 9.59 Å². The standard InChI is InChI=1S/C24H20F2N2O3S/c1-28-21-10-7-17(24(30)27-14-15-5-8-18(25)9-6-15)13-20(21)23(29)22(32(28)31)12-16-3-2-4-19(26)11-16/h2-11,13,22H,12,14H2,1H3,(H,27,30). The van der Waals surface area contributed by atoms with Crippen LogP contribution in [-0.2, 0) is 24.3 Å². The highest BCUT2D eigenvalue weighted by molar-refractivity contribution is 7.94. The number of Topliss-reactive ketones (excluding diaryl/α,β-unsaturated/α-hetero) is 1. The Morgan fingerprint density at radius 1 is 1.03 bits per heavy atom. The third-order valence-electron chi connectivity index (χ3n) is 5.35. The Morgan fingerprint density at radius 2 is 1.78 bits per heavy atom. The topological polar surface area (TPSA) is 72.5 Å². The van der Waals surface area contributed by atoms with E-state index in [-0.39, 0.29) is 36.0 Å². The fourth-order valence-electron chi connectivity index (χ4n) is 3.63. The van der Waals surface area contributed by atoms with Crippen molar-refractivity contribution >= 4 is 28.7 Å². The summed E-state index contributed by atoms with van der Waals surface area (Å²) in [6, 6.07) is 16.3. The second kappa shape index (κ2) is 9.10. The van der Waals surface area contributed by atoms with Gasteiger partial charge in [0, 0.05) is 18.5 Å². The van der Waals surface area contributed by atoms with Crippen LogP contribution in [0.4, 0.5) is 14.5 Å². The van der Waals surface area contributed by atoms with Crippen LogP contribution in [0.1, 0.15) is 31.8 Å². The summed E-state index contributed by atoms with van der Waals surface area (Å²) in [5.74, 6) is -1.53. The zero-order valence-corrected chi connectivity index (χ0v) is 18.0. The lowest BCUT2D eigenvalue weighted by molar-refractivity contribution is 0.0951. The van der Waals surface area contributed by atoms with Gasteiger partial charge >= 0.3 is 0 Å². The molecular formula is C24H20F2N2O3S. The summed E-state index contributed by atoms with van der Waals surface area (Å²) in [5, 5.41) is 1.86. The van der Waals surface area contributed by atoms with Crippen molar-refractivity contribution in [2.24, 2.45) is 0 Å². The first-order chi connectivity index (χ1) is 15.3. The van der Waals surface area contributed by atoms with E-state index in [4.69, 9.17) is 0 Å². The molecule has 1 aliphatic rings. The number of halogens is 2. The maximum Gasteiger partial charge on any atom is 0.251 e. The minimum atomic E-state index is -1.64. The number of nitrogens with zero attached hydrogens (tertiary/aromatic N) is 1. The van der Waals surface area contributed by atoms with Crippen molar-refractivity contribution in [1.82, 2.24) is 5.32 Å². The zero-order valence-electron chi connectivity index (χ0n) is 17.2. The lowest BCUT2D eigenvalue weighted by Gasteiger charge is -2.33. The molecule has 0 bridgehead atoms. The van der Waals surface area contributed by atoms with Gasteiger partial charge in [-0.1, -0.05) is 24.3 Å². The van der Waals surface area contributed by atoms with E-state index in [0.29, 0.717) is 16.8 Å². The van der Waals surface area contributed by atoms with E-state index in [1.807, 2.05) is 0 Å². The second-order valence-electron chi connectivity index (χ2n) is 7.50. The van der Waals surface area contributed by atoms with Gasteiger partial charge in [0.25, 0.3) is 5.91 Å². The van der Waals surface area contributed by atoms with Crippen LogP contribution in [0.25, 0.3) is 0 Å². The number of anilines is 1. The molecule has 0 spiro atoms. The van der Waals surface area contributed by atoms with Crippen LogP contribution in [0.5, 0.6) is 0 Å². The molecule has 0 aromatic heterocycles. The highest BCUT2D eigenvalue weighted by atomic mass is 32.2. The third-order valence-corrected chi connectivity index (χ3v) is 6.95. The Kier molecular flexibility index (Phi) is 6.25. The number of carbonyl (C=O) groups is 2. The molecule has 3 aromatic rings. The summed E-state index contributed by atoms with van der Waals surface area (Å²) < 4.78 is 41.0. The molecule has 32 heavy (non-hydrogen) atoms. The maximum absolute atomic E-state index is 13.6. The van der Waals surface area contributed by atoms with Gasteiger partial charge in [0.1, 0.15) is 11.6 Å². The first-order valence-electron chi connectivity index (χ1n) is 9.93. The highest BCUT2D eigenvalue weighted by Gasteiger charge is 2.42. The Hall–Kier alpha value is -3.23. The van der Waals surface area contributed by atoms with Crippen molar-refractivity contribution < 1.29 is 22.9 Å². The number of ketones is 1. The van der Waals surface area contributed by atoms with Crippen molar-refractivity contribution in [1.29, 1.82) is 0 Å². The van der Waals surface area contributed by atoms with Crippen LogP contribution in [0.3, 0.4) is 0 Å². The number of fused-ring (bicyclic) bond motifs is 1. The molecule has 2 unspecified atom stereocenters. The van der Waals surface area contributed by atoms with Gasteiger partial charge in [-0.2, -0.15) is 4.31 Å². The number of amides is 1. The molecule has 8 heteroatoms. The minimum Gasteiger partial charge on any atom is -0.592 e. The van der Waals surface area contributed by atoms with Crippen molar-refractivity contribution in [2.45, 2.75) is 18.2 Å². The molecule has 5 nitrogen and oxygen atoms in total. The van der Waals surface area contributed by atoms with Crippen LogP contribution in [-0.4, -0.2) is 28.5 Å². The number of nitrogens with one attached hydrogen (secondary N) is 1. The van der Waals surface area contributed by atoms with Gasteiger partial charge in [0.05, 0.1) is 29.7 Å². The average molecular weight is 454 g/mol. The quantitative estimate of drug-likeness (QED) is 0.596. The second-order valence-corrected chi connectivity index (χ2v) is 9.17. The molecule has 0 radical (unpaired) electrons.